The number of carbonyl (C=O) groups excluding carboxylic acids is 1. The van der Waals surface area contributed by atoms with E-state index < -0.39 is 5.60 Å². The summed E-state index contributed by atoms with van der Waals surface area (Å²) in [5.74, 6) is 0. The molecule has 0 bridgehead atoms. The van der Waals surface area contributed by atoms with Gasteiger partial charge in [-0.15, -0.1) is 0 Å². The van der Waals surface area contributed by atoms with Crippen molar-refractivity contribution in [3.63, 3.8) is 0 Å². The molecule has 4 heteroatoms. The Morgan fingerprint density at radius 1 is 1.26 bits per heavy atom. The van der Waals surface area contributed by atoms with Gasteiger partial charge in [0.1, 0.15) is 5.60 Å². The second kappa shape index (κ2) is 4.23. The molecule has 2 N–H and O–H groups in total. The SMILES string of the molecule is CC1(C)OC(=O)NC12CCC(c1ccccc1)NC2. The van der Waals surface area contributed by atoms with Crippen LogP contribution in [0.25, 0.3) is 0 Å². The van der Waals surface area contributed by atoms with E-state index in [0.717, 1.165) is 19.4 Å². The molecule has 2 aliphatic rings. The topological polar surface area (TPSA) is 50.4 Å². The van der Waals surface area contributed by atoms with Gasteiger partial charge in [-0.3, -0.25) is 0 Å². The van der Waals surface area contributed by atoms with Crippen LogP contribution in [0.4, 0.5) is 4.79 Å². The van der Waals surface area contributed by atoms with E-state index in [9.17, 15) is 4.79 Å². The molecule has 19 heavy (non-hydrogen) atoms. The summed E-state index contributed by atoms with van der Waals surface area (Å²) in [7, 11) is 0. The zero-order chi connectivity index (χ0) is 13.5. The molecule has 1 amide bonds. The van der Waals surface area contributed by atoms with Crippen LogP contribution in [0.2, 0.25) is 0 Å². The first-order valence-corrected chi connectivity index (χ1v) is 6.82. The predicted octanol–water partition coefficient (Wildman–Crippen LogP) is 2.37. The van der Waals surface area contributed by atoms with Gasteiger partial charge in [-0.1, -0.05) is 30.3 Å². The smallest absolute Gasteiger partial charge is 0.408 e. The minimum Gasteiger partial charge on any atom is -0.441 e. The zero-order valence-corrected chi connectivity index (χ0v) is 11.4. The number of piperidine rings is 1. The fourth-order valence-corrected chi connectivity index (χ4v) is 3.17. The first kappa shape index (κ1) is 12.5. The van der Waals surface area contributed by atoms with Crippen LogP contribution in [-0.4, -0.2) is 23.8 Å². The van der Waals surface area contributed by atoms with Gasteiger partial charge in [0.15, 0.2) is 0 Å². The molecule has 2 heterocycles. The normalized spacial score (nSPS) is 32.9. The molecule has 2 aliphatic heterocycles. The summed E-state index contributed by atoms with van der Waals surface area (Å²) in [5, 5.41) is 6.56. The van der Waals surface area contributed by atoms with Crippen LogP contribution >= 0.6 is 0 Å². The molecule has 1 aromatic carbocycles. The molecule has 4 nitrogen and oxygen atoms in total. The van der Waals surface area contributed by atoms with Crippen molar-refractivity contribution >= 4 is 6.09 Å². The molecule has 2 unspecified atom stereocenters. The zero-order valence-electron chi connectivity index (χ0n) is 11.4. The van der Waals surface area contributed by atoms with Crippen LogP contribution in [-0.2, 0) is 4.74 Å². The van der Waals surface area contributed by atoms with Gasteiger partial charge in [-0.2, -0.15) is 0 Å². The van der Waals surface area contributed by atoms with Crippen molar-refractivity contribution in [1.82, 2.24) is 10.6 Å². The Morgan fingerprint density at radius 2 is 2.00 bits per heavy atom. The third kappa shape index (κ3) is 2.00. The number of alkyl carbamates (subject to hydrolysis) is 1. The lowest BCUT2D eigenvalue weighted by atomic mass is 9.75. The van der Waals surface area contributed by atoms with Crippen LogP contribution in [0.5, 0.6) is 0 Å². The summed E-state index contributed by atoms with van der Waals surface area (Å²) in [6, 6.07) is 10.8. The minimum absolute atomic E-state index is 0.282. The standard InChI is InChI=1S/C15H20N2O2/c1-14(2)15(17-13(18)19-14)9-8-12(16-10-15)11-6-4-3-5-7-11/h3-7,12,16H,8-10H2,1-2H3,(H,17,18). The molecule has 2 atom stereocenters. The van der Waals surface area contributed by atoms with E-state index in [-0.39, 0.29) is 11.6 Å². The number of cyclic esters (lactones) is 1. The molecule has 3 rings (SSSR count). The third-order valence-corrected chi connectivity index (χ3v) is 4.55. The maximum absolute atomic E-state index is 11.5. The molecule has 0 radical (unpaired) electrons. The number of nitrogens with one attached hydrogen (secondary N) is 2. The van der Waals surface area contributed by atoms with E-state index in [1.807, 2.05) is 19.9 Å². The molecule has 2 saturated heterocycles. The summed E-state index contributed by atoms with van der Waals surface area (Å²) < 4.78 is 5.39. The fraction of sp³-hybridized carbons (Fsp3) is 0.533. The Hall–Kier alpha value is -1.55. The Bertz CT molecular complexity index is 476. The van der Waals surface area contributed by atoms with Crippen LogP contribution in [0.3, 0.4) is 0 Å². The Labute approximate surface area is 113 Å². The van der Waals surface area contributed by atoms with Gasteiger partial charge in [0.25, 0.3) is 0 Å². The number of ether oxygens (including phenoxy) is 1. The number of rotatable bonds is 1. The monoisotopic (exact) mass is 260 g/mol. The molecular weight excluding hydrogens is 240 g/mol. The van der Waals surface area contributed by atoms with Gasteiger partial charge in [0.05, 0.1) is 5.54 Å². The maximum atomic E-state index is 11.5. The molecule has 2 fully saturated rings. The first-order chi connectivity index (χ1) is 9.02. The van der Waals surface area contributed by atoms with Gasteiger partial charge in [0.2, 0.25) is 0 Å². The lowest BCUT2D eigenvalue weighted by Crippen LogP contribution is -2.62. The molecule has 0 aromatic heterocycles. The lowest BCUT2D eigenvalue weighted by molar-refractivity contribution is 0.0167. The van der Waals surface area contributed by atoms with Crippen LogP contribution in [0.15, 0.2) is 30.3 Å². The molecular formula is C15H20N2O2. The second-order valence-corrected chi connectivity index (χ2v) is 5.99. The van der Waals surface area contributed by atoms with E-state index in [0.29, 0.717) is 6.04 Å². The van der Waals surface area contributed by atoms with Crippen molar-refractivity contribution in [2.75, 3.05) is 6.54 Å². The first-order valence-electron chi connectivity index (χ1n) is 6.82. The van der Waals surface area contributed by atoms with Gasteiger partial charge < -0.3 is 15.4 Å². The van der Waals surface area contributed by atoms with Crippen molar-refractivity contribution in [2.24, 2.45) is 0 Å². The average molecular weight is 260 g/mol. The van der Waals surface area contributed by atoms with Crippen molar-refractivity contribution < 1.29 is 9.53 Å². The summed E-state index contributed by atoms with van der Waals surface area (Å²) >= 11 is 0. The Morgan fingerprint density at radius 3 is 2.53 bits per heavy atom. The van der Waals surface area contributed by atoms with Crippen LogP contribution in [0, 0.1) is 0 Å². The molecule has 102 valence electrons. The third-order valence-electron chi connectivity index (χ3n) is 4.55. The average Bonchev–Trinajstić information content (AvgIpc) is 2.60. The van der Waals surface area contributed by atoms with E-state index in [2.05, 4.69) is 34.9 Å². The maximum Gasteiger partial charge on any atom is 0.408 e. The summed E-state index contributed by atoms with van der Waals surface area (Å²) in [4.78, 5) is 11.5. The van der Waals surface area contributed by atoms with E-state index in [1.54, 1.807) is 0 Å². The van der Waals surface area contributed by atoms with Crippen molar-refractivity contribution in [1.29, 1.82) is 0 Å². The van der Waals surface area contributed by atoms with E-state index in [1.165, 1.54) is 5.56 Å². The number of hydrogen-bond donors (Lipinski definition) is 2. The van der Waals surface area contributed by atoms with Gasteiger partial charge in [0, 0.05) is 12.6 Å². The Kier molecular flexibility index (Phi) is 2.78. The van der Waals surface area contributed by atoms with E-state index in [4.69, 9.17) is 4.74 Å². The number of benzene rings is 1. The highest BCUT2D eigenvalue weighted by Gasteiger charge is 2.55. The van der Waals surface area contributed by atoms with Gasteiger partial charge in [-0.05, 0) is 32.3 Å². The predicted molar refractivity (Wildman–Crippen MR) is 72.8 cm³/mol. The van der Waals surface area contributed by atoms with Crippen LogP contribution in [0.1, 0.15) is 38.3 Å². The number of amides is 1. The number of carbonyl (C=O) groups is 1. The second-order valence-electron chi connectivity index (χ2n) is 5.99. The van der Waals surface area contributed by atoms with Gasteiger partial charge in [-0.25, -0.2) is 4.79 Å². The minimum atomic E-state index is -0.460. The molecule has 1 aromatic rings. The fourth-order valence-electron chi connectivity index (χ4n) is 3.17. The van der Waals surface area contributed by atoms with Gasteiger partial charge >= 0.3 is 6.09 Å². The Balaban J connectivity index is 1.75. The highest BCUT2D eigenvalue weighted by Crippen LogP contribution is 2.39. The molecule has 1 spiro atoms. The molecule has 0 saturated carbocycles. The highest BCUT2D eigenvalue weighted by molar-refractivity contribution is 5.72. The van der Waals surface area contributed by atoms with Crippen molar-refractivity contribution in [3.8, 4) is 0 Å². The van der Waals surface area contributed by atoms with Crippen molar-refractivity contribution in [3.05, 3.63) is 35.9 Å². The summed E-state index contributed by atoms with van der Waals surface area (Å²) in [6.45, 7) is 4.70. The number of hydrogen-bond acceptors (Lipinski definition) is 3. The largest absolute Gasteiger partial charge is 0.441 e. The summed E-state index contributed by atoms with van der Waals surface area (Å²) in [5.41, 5.74) is 0.564. The van der Waals surface area contributed by atoms with E-state index >= 15 is 0 Å². The van der Waals surface area contributed by atoms with Crippen molar-refractivity contribution in [2.45, 2.75) is 43.9 Å². The lowest BCUT2D eigenvalue weighted by Gasteiger charge is -2.43. The quantitative estimate of drug-likeness (QED) is 0.815. The van der Waals surface area contributed by atoms with Crippen LogP contribution < -0.4 is 10.6 Å². The summed E-state index contributed by atoms with van der Waals surface area (Å²) in [6.07, 6.45) is 1.63. The highest BCUT2D eigenvalue weighted by atomic mass is 16.6. The molecule has 0 aliphatic carbocycles.